The van der Waals surface area contributed by atoms with Crippen molar-refractivity contribution in [2.45, 2.75) is 96.3 Å². The molecule has 0 saturated heterocycles. The Hall–Kier alpha value is -1.62. The average Bonchev–Trinajstić information content (AvgIpc) is 2.66. The predicted octanol–water partition coefficient (Wildman–Crippen LogP) is 6.46. The predicted molar refractivity (Wildman–Crippen MR) is 123 cm³/mol. The Labute approximate surface area is 177 Å². The fourth-order valence-corrected chi connectivity index (χ4v) is 5.57. The van der Waals surface area contributed by atoms with Gasteiger partial charge >= 0.3 is 0 Å². The van der Waals surface area contributed by atoms with Crippen molar-refractivity contribution in [1.29, 1.82) is 0 Å². The number of benzene rings is 1. The number of hydrogen-bond acceptors (Lipinski definition) is 3. The zero-order chi connectivity index (χ0) is 21.8. The third kappa shape index (κ3) is 5.71. The first-order valence-corrected chi connectivity index (χ1v) is 12.4. The maximum atomic E-state index is 13.4. The Bertz CT molecular complexity index is 823. The fourth-order valence-electron chi connectivity index (χ4n) is 4.03. The lowest BCUT2D eigenvalue weighted by molar-refractivity contribution is 0.525. The van der Waals surface area contributed by atoms with Crippen LogP contribution in [0.15, 0.2) is 34.8 Å². The smallest absolute Gasteiger partial charge is 0.200 e. The highest BCUT2D eigenvalue weighted by Gasteiger charge is 2.27. The zero-order valence-corrected chi connectivity index (χ0v) is 19.8. The molecule has 1 atom stereocenters. The number of nitrogens with zero attached hydrogens (tertiary/aromatic N) is 1. The van der Waals surface area contributed by atoms with Crippen molar-refractivity contribution >= 4 is 15.7 Å². The lowest BCUT2D eigenvalue weighted by atomic mass is 9.85. The summed E-state index contributed by atoms with van der Waals surface area (Å²) < 4.78 is 26.9. The molecule has 1 aliphatic rings. The number of rotatable bonds is 8. The SMILES string of the molecule is C=CCC1CCCC/C1=N/NS(=O)(=O)c1c(C(C)C)cc(C(C)C)cc1C(C)C. The molecule has 1 saturated carbocycles. The van der Waals surface area contributed by atoms with Crippen LogP contribution in [0.1, 0.15) is 108 Å². The number of hydrogen-bond donors (Lipinski definition) is 1. The highest BCUT2D eigenvalue weighted by Crippen LogP contribution is 2.35. The van der Waals surface area contributed by atoms with Gasteiger partial charge in [0.15, 0.2) is 0 Å². The third-order valence-corrected chi connectivity index (χ3v) is 7.16. The summed E-state index contributed by atoms with van der Waals surface area (Å²) in [7, 11) is -3.76. The maximum absolute atomic E-state index is 13.4. The molecule has 162 valence electrons. The molecule has 2 rings (SSSR count). The first-order chi connectivity index (χ1) is 13.6. The summed E-state index contributed by atoms with van der Waals surface area (Å²) in [4.78, 5) is 3.01. The number of nitrogens with one attached hydrogen (secondary N) is 1. The van der Waals surface area contributed by atoms with E-state index >= 15 is 0 Å². The van der Waals surface area contributed by atoms with Gasteiger partial charge in [0.1, 0.15) is 0 Å². The van der Waals surface area contributed by atoms with E-state index in [9.17, 15) is 8.42 Å². The van der Waals surface area contributed by atoms with E-state index in [1.165, 1.54) is 5.56 Å². The zero-order valence-electron chi connectivity index (χ0n) is 19.0. The van der Waals surface area contributed by atoms with E-state index in [0.29, 0.717) is 16.7 Å². The monoisotopic (exact) mass is 418 g/mol. The molecule has 0 aromatic heterocycles. The first kappa shape index (κ1) is 23.7. The van der Waals surface area contributed by atoms with Crippen molar-refractivity contribution in [3.63, 3.8) is 0 Å². The number of allylic oxidation sites excluding steroid dienone is 1. The summed E-state index contributed by atoms with van der Waals surface area (Å²) >= 11 is 0. The van der Waals surface area contributed by atoms with Crippen molar-refractivity contribution in [2.24, 2.45) is 11.0 Å². The van der Waals surface area contributed by atoms with Gasteiger partial charge in [-0.05, 0) is 60.1 Å². The minimum absolute atomic E-state index is 0.105. The first-order valence-electron chi connectivity index (χ1n) is 10.9. The van der Waals surface area contributed by atoms with E-state index in [2.05, 4.69) is 70.2 Å². The molecule has 1 aliphatic carbocycles. The van der Waals surface area contributed by atoms with E-state index in [1.54, 1.807) is 0 Å². The summed E-state index contributed by atoms with van der Waals surface area (Å²) in [6.45, 7) is 16.3. The van der Waals surface area contributed by atoms with Crippen molar-refractivity contribution in [2.75, 3.05) is 0 Å². The second-order valence-corrected chi connectivity index (χ2v) is 10.8. The quantitative estimate of drug-likeness (QED) is 0.389. The van der Waals surface area contributed by atoms with Crippen LogP contribution in [0.3, 0.4) is 0 Å². The second-order valence-electron chi connectivity index (χ2n) is 9.16. The summed E-state index contributed by atoms with van der Waals surface area (Å²) in [6.07, 6.45) is 6.86. The Morgan fingerprint density at radius 2 is 1.66 bits per heavy atom. The van der Waals surface area contributed by atoms with Crippen LogP contribution in [-0.2, 0) is 10.0 Å². The van der Waals surface area contributed by atoms with Crippen molar-refractivity contribution in [3.05, 3.63) is 41.5 Å². The normalized spacial score (nSPS) is 19.3. The van der Waals surface area contributed by atoms with Crippen molar-refractivity contribution in [3.8, 4) is 0 Å². The Morgan fingerprint density at radius 1 is 1.07 bits per heavy atom. The Balaban J connectivity index is 2.52. The van der Waals surface area contributed by atoms with Crippen LogP contribution in [0.25, 0.3) is 0 Å². The molecule has 0 aliphatic heterocycles. The van der Waals surface area contributed by atoms with Gasteiger partial charge in [0, 0.05) is 11.6 Å². The second kappa shape index (κ2) is 9.92. The molecule has 0 heterocycles. The van der Waals surface area contributed by atoms with E-state index in [0.717, 1.165) is 48.9 Å². The van der Waals surface area contributed by atoms with E-state index in [1.807, 2.05) is 6.08 Å². The molecular weight excluding hydrogens is 380 g/mol. The van der Waals surface area contributed by atoms with Gasteiger partial charge in [-0.15, -0.1) is 6.58 Å². The molecule has 1 N–H and O–H groups in total. The lowest BCUT2D eigenvalue weighted by Gasteiger charge is -2.24. The Morgan fingerprint density at radius 3 is 2.14 bits per heavy atom. The number of hydrazone groups is 1. The van der Waals surface area contributed by atoms with Crippen LogP contribution < -0.4 is 4.83 Å². The van der Waals surface area contributed by atoms with Crippen LogP contribution in [0.2, 0.25) is 0 Å². The van der Waals surface area contributed by atoms with Crippen LogP contribution in [0.5, 0.6) is 0 Å². The summed E-state index contributed by atoms with van der Waals surface area (Å²) in [5, 5.41) is 4.42. The van der Waals surface area contributed by atoms with Gasteiger partial charge in [-0.25, -0.2) is 4.83 Å². The highest BCUT2D eigenvalue weighted by atomic mass is 32.2. The van der Waals surface area contributed by atoms with Crippen LogP contribution >= 0.6 is 0 Å². The topological polar surface area (TPSA) is 58.5 Å². The molecule has 0 spiro atoms. The van der Waals surface area contributed by atoms with E-state index in [-0.39, 0.29) is 11.8 Å². The van der Waals surface area contributed by atoms with Gasteiger partial charge in [-0.1, -0.05) is 66.2 Å². The van der Waals surface area contributed by atoms with Crippen molar-refractivity contribution < 1.29 is 8.42 Å². The lowest BCUT2D eigenvalue weighted by Crippen LogP contribution is -2.27. The molecule has 1 aromatic rings. The van der Waals surface area contributed by atoms with Crippen molar-refractivity contribution in [1.82, 2.24) is 4.83 Å². The molecule has 1 aromatic carbocycles. The van der Waals surface area contributed by atoms with Gasteiger partial charge in [0.25, 0.3) is 10.0 Å². The van der Waals surface area contributed by atoms with Gasteiger partial charge in [0.2, 0.25) is 0 Å². The van der Waals surface area contributed by atoms with Gasteiger partial charge in [0.05, 0.1) is 4.90 Å². The van der Waals surface area contributed by atoms with Crippen LogP contribution in [0.4, 0.5) is 0 Å². The third-order valence-electron chi connectivity index (χ3n) is 5.82. The van der Waals surface area contributed by atoms with Crippen LogP contribution in [-0.4, -0.2) is 14.1 Å². The largest absolute Gasteiger partial charge is 0.277 e. The highest BCUT2D eigenvalue weighted by molar-refractivity contribution is 7.89. The average molecular weight is 419 g/mol. The van der Waals surface area contributed by atoms with Gasteiger partial charge in [-0.3, -0.25) is 0 Å². The van der Waals surface area contributed by atoms with Crippen LogP contribution in [0, 0.1) is 5.92 Å². The molecule has 0 bridgehead atoms. The van der Waals surface area contributed by atoms with E-state index < -0.39 is 10.0 Å². The molecule has 1 fully saturated rings. The van der Waals surface area contributed by atoms with Gasteiger partial charge in [-0.2, -0.15) is 13.5 Å². The molecule has 29 heavy (non-hydrogen) atoms. The standard InChI is InChI=1S/C24H38N2O2S/c1-8-11-19-12-9-10-13-23(19)25-26-29(27,28)24-21(17(4)5)14-20(16(2)3)15-22(24)18(6)7/h8,14-19,26H,1,9-13H2,2-7H3/b25-23-. The minimum atomic E-state index is -3.76. The van der Waals surface area contributed by atoms with Gasteiger partial charge < -0.3 is 0 Å². The Kier molecular flexibility index (Phi) is 8.10. The number of sulfonamides is 1. The summed E-state index contributed by atoms with van der Waals surface area (Å²) in [5.41, 5.74) is 3.88. The summed E-state index contributed by atoms with van der Waals surface area (Å²) in [6, 6.07) is 4.12. The maximum Gasteiger partial charge on any atom is 0.277 e. The van der Waals surface area contributed by atoms with E-state index in [4.69, 9.17) is 0 Å². The molecule has 4 nitrogen and oxygen atoms in total. The summed E-state index contributed by atoms with van der Waals surface area (Å²) in [5.74, 6) is 0.848. The molecular formula is C24H38N2O2S. The fraction of sp³-hybridized carbons (Fsp3) is 0.625. The molecule has 0 radical (unpaired) electrons. The molecule has 5 heteroatoms. The molecule has 0 amide bonds. The molecule has 1 unspecified atom stereocenters. The minimum Gasteiger partial charge on any atom is -0.200 e.